The van der Waals surface area contributed by atoms with Crippen LogP contribution in [-0.2, 0) is 4.79 Å². The van der Waals surface area contributed by atoms with Gasteiger partial charge in [0.05, 0.1) is 0 Å². The summed E-state index contributed by atoms with van der Waals surface area (Å²) in [6.45, 7) is 9.78. The SMILES string of the molecule is Cc1ccc(C)c(NC(=O)[C@@H](C)Oc2cccc(C)c2C)c1. The van der Waals surface area contributed by atoms with E-state index in [1.165, 1.54) is 0 Å². The quantitative estimate of drug-likeness (QED) is 0.912. The third-order valence-corrected chi connectivity index (χ3v) is 3.88. The molecule has 0 spiro atoms. The monoisotopic (exact) mass is 297 g/mol. The highest BCUT2D eigenvalue weighted by molar-refractivity contribution is 5.94. The zero-order valence-corrected chi connectivity index (χ0v) is 13.9. The lowest BCUT2D eigenvalue weighted by Gasteiger charge is -2.18. The van der Waals surface area contributed by atoms with Gasteiger partial charge in [0.15, 0.2) is 6.10 Å². The molecule has 3 heteroatoms. The van der Waals surface area contributed by atoms with E-state index >= 15 is 0 Å². The summed E-state index contributed by atoms with van der Waals surface area (Å²) in [7, 11) is 0. The van der Waals surface area contributed by atoms with E-state index in [1.54, 1.807) is 6.92 Å². The van der Waals surface area contributed by atoms with Crippen molar-refractivity contribution in [2.24, 2.45) is 0 Å². The first-order chi connectivity index (χ1) is 10.4. The predicted octanol–water partition coefficient (Wildman–Crippen LogP) is 4.33. The van der Waals surface area contributed by atoms with Crippen molar-refractivity contribution >= 4 is 11.6 Å². The maximum absolute atomic E-state index is 12.3. The molecule has 2 rings (SSSR count). The Balaban J connectivity index is 2.09. The van der Waals surface area contributed by atoms with E-state index in [1.807, 2.05) is 64.1 Å². The van der Waals surface area contributed by atoms with Crippen LogP contribution in [0.5, 0.6) is 5.75 Å². The highest BCUT2D eigenvalue weighted by Crippen LogP contribution is 2.22. The van der Waals surface area contributed by atoms with E-state index in [2.05, 4.69) is 5.32 Å². The normalized spacial score (nSPS) is 11.9. The summed E-state index contributed by atoms with van der Waals surface area (Å²) in [5.41, 5.74) is 5.21. The molecule has 0 aromatic heterocycles. The van der Waals surface area contributed by atoms with Crippen LogP contribution in [0.4, 0.5) is 5.69 Å². The van der Waals surface area contributed by atoms with Gasteiger partial charge in [0.1, 0.15) is 5.75 Å². The fourth-order valence-electron chi connectivity index (χ4n) is 2.20. The van der Waals surface area contributed by atoms with Gasteiger partial charge in [-0.2, -0.15) is 0 Å². The van der Waals surface area contributed by atoms with Crippen LogP contribution >= 0.6 is 0 Å². The zero-order chi connectivity index (χ0) is 16.3. The molecule has 1 atom stereocenters. The van der Waals surface area contributed by atoms with Crippen molar-refractivity contribution in [3.05, 3.63) is 58.7 Å². The van der Waals surface area contributed by atoms with E-state index in [-0.39, 0.29) is 5.91 Å². The van der Waals surface area contributed by atoms with E-state index < -0.39 is 6.10 Å². The number of hydrogen-bond donors (Lipinski definition) is 1. The fourth-order valence-corrected chi connectivity index (χ4v) is 2.20. The van der Waals surface area contributed by atoms with Gasteiger partial charge in [0.2, 0.25) is 0 Å². The van der Waals surface area contributed by atoms with Gasteiger partial charge in [0.25, 0.3) is 5.91 Å². The van der Waals surface area contributed by atoms with Crippen LogP contribution in [0.25, 0.3) is 0 Å². The predicted molar refractivity (Wildman–Crippen MR) is 90.6 cm³/mol. The molecule has 3 nitrogen and oxygen atoms in total. The van der Waals surface area contributed by atoms with Gasteiger partial charge in [0, 0.05) is 5.69 Å². The van der Waals surface area contributed by atoms with Gasteiger partial charge in [-0.05, 0) is 69.0 Å². The number of aryl methyl sites for hydroxylation is 3. The van der Waals surface area contributed by atoms with Crippen molar-refractivity contribution < 1.29 is 9.53 Å². The van der Waals surface area contributed by atoms with Crippen molar-refractivity contribution in [1.29, 1.82) is 0 Å². The second kappa shape index (κ2) is 6.65. The van der Waals surface area contributed by atoms with Gasteiger partial charge in [-0.3, -0.25) is 4.79 Å². The number of benzene rings is 2. The standard InChI is InChI=1S/C19H23NO2/c1-12-9-10-14(3)17(11-12)20-19(21)16(5)22-18-8-6-7-13(2)15(18)4/h6-11,16H,1-5H3,(H,20,21)/t16-/m1/s1. The molecule has 2 aromatic carbocycles. The number of rotatable bonds is 4. The van der Waals surface area contributed by atoms with Gasteiger partial charge >= 0.3 is 0 Å². The number of carbonyl (C=O) groups is 1. The molecule has 22 heavy (non-hydrogen) atoms. The summed E-state index contributed by atoms with van der Waals surface area (Å²) in [5, 5.41) is 2.94. The Morgan fingerprint density at radius 2 is 1.77 bits per heavy atom. The Kier molecular flexibility index (Phi) is 4.86. The van der Waals surface area contributed by atoms with Crippen LogP contribution in [0.2, 0.25) is 0 Å². The molecular formula is C19H23NO2. The molecule has 0 bridgehead atoms. The van der Waals surface area contributed by atoms with Crippen molar-refractivity contribution in [1.82, 2.24) is 0 Å². The van der Waals surface area contributed by atoms with Crippen molar-refractivity contribution in [2.45, 2.75) is 40.7 Å². The van der Waals surface area contributed by atoms with Gasteiger partial charge in [-0.25, -0.2) is 0 Å². The molecule has 2 aromatic rings. The average Bonchev–Trinajstić information content (AvgIpc) is 2.47. The Bertz CT molecular complexity index is 692. The highest BCUT2D eigenvalue weighted by atomic mass is 16.5. The Labute approximate surface area is 132 Å². The first-order valence-electron chi connectivity index (χ1n) is 7.49. The lowest BCUT2D eigenvalue weighted by Crippen LogP contribution is -2.30. The summed E-state index contributed by atoms with van der Waals surface area (Å²) in [4.78, 5) is 12.3. The van der Waals surface area contributed by atoms with Crippen LogP contribution < -0.4 is 10.1 Å². The smallest absolute Gasteiger partial charge is 0.265 e. The fraction of sp³-hybridized carbons (Fsp3) is 0.316. The molecule has 0 heterocycles. The van der Waals surface area contributed by atoms with Crippen LogP contribution in [0.3, 0.4) is 0 Å². The molecule has 0 aliphatic heterocycles. The van der Waals surface area contributed by atoms with Gasteiger partial charge in [-0.15, -0.1) is 0 Å². The molecule has 0 radical (unpaired) electrons. The Hall–Kier alpha value is -2.29. The Morgan fingerprint density at radius 1 is 1.05 bits per heavy atom. The molecule has 1 N–H and O–H groups in total. The van der Waals surface area contributed by atoms with Crippen molar-refractivity contribution in [2.75, 3.05) is 5.32 Å². The first-order valence-corrected chi connectivity index (χ1v) is 7.49. The molecule has 0 fully saturated rings. The molecule has 0 aliphatic rings. The minimum atomic E-state index is -0.555. The van der Waals surface area contributed by atoms with Crippen LogP contribution in [0, 0.1) is 27.7 Å². The van der Waals surface area contributed by atoms with Gasteiger partial charge < -0.3 is 10.1 Å². The summed E-state index contributed by atoms with van der Waals surface area (Å²) < 4.78 is 5.82. The maximum Gasteiger partial charge on any atom is 0.265 e. The Morgan fingerprint density at radius 3 is 2.50 bits per heavy atom. The number of nitrogens with one attached hydrogen (secondary N) is 1. The zero-order valence-electron chi connectivity index (χ0n) is 13.9. The van der Waals surface area contributed by atoms with Crippen molar-refractivity contribution in [3.63, 3.8) is 0 Å². The number of amides is 1. The van der Waals surface area contributed by atoms with Crippen LogP contribution in [-0.4, -0.2) is 12.0 Å². The lowest BCUT2D eigenvalue weighted by atomic mass is 10.1. The van der Waals surface area contributed by atoms with E-state index in [4.69, 9.17) is 4.74 Å². The minimum Gasteiger partial charge on any atom is -0.481 e. The molecular weight excluding hydrogens is 274 g/mol. The molecule has 0 saturated heterocycles. The number of carbonyl (C=O) groups excluding carboxylic acids is 1. The van der Waals surface area contributed by atoms with E-state index in [0.717, 1.165) is 33.7 Å². The number of anilines is 1. The second-order valence-electron chi connectivity index (χ2n) is 5.77. The third-order valence-electron chi connectivity index (χ3n) is 3.88. The highest BCUT2D eigenvalue weighted by Gasteiger charge is 2.17. The largest absolute Gasteiger partial charge is 0.481 e. The van der Waals surface area contributed by atoms with Crippen LogP contribution in [0.15, 0.2) is 36.4 Å². The summed E-state index contributed by atoms with van der Waals surface area (Å²) in [6.07, 6.45) is -0.555. The molecule has 0 saturated carbocycles. The summed E-state index contributed by atoms with van der Waals surface area (Å²) in [5.74, 6) is 0.609. The average molecular weight is 297 g/mol. The number of ether oxygens (including phenoxy) is 1. The first kappa shape index (κ1) is 16.1. The molecule has 1 amide bonds. The molecule has 116 valence electrons. The van der Waals surface area contributed by atoms with E-state index in [0.29, 0.717) is 0 Å². The third kappa shape index (κ3) is 3.67. The summed E-state index contributed by atoms with van der Waals surface area (Å²) >= 11 is 0. The topological polar surface area (TPSA) is 38.3 Å². The second-order valence-corrected chi connectivity index (χ2v) is 5.77. The van der Waals surface area contributed by atoms with E-state index in [9.17, 15) is 4.79 Å². The molecule has 0 unspecified atom stereocenters. The number of hydrogen-bond acceptors (Lipinski definition) is 2. The minimum absolute atomic E-state index is 0.144. The lowest BCUT2D eigenvalue weighted by molar-refractivity contribution is -0.122. The molecule has 0 aliphatic carbocycles. The van der Waals surface area contributed by atoms with Crippen molar-refractivity contribution in [3.8, 4) is 5.75 Å². The maximum atomic E-state index is 12.3. The van der Waals surface area contributed by atoms with Crippen LogP contribution in [0.1, 0.15) is 29.2 Å². The van der Waals surface area contributed by atoms with Gasteiger partial charge in [-0.1, -0.05) is 24.3 Å². The summed E-state index contributed by atoms with van der Waals surface area (Å²) in [6, 6.07) is 11.9.